The van der Waals surface area contributed by atoms with Crippen LogP contribution in [0.25, 0.3) is 0 Å². The number of nitro groups is 1. The van der Waals surface area contributed by atoms with E-state index in [4.69, 9.17) is 0 Å². The Morgan fingerprint density at radius 3 is 2.27 bits per heavy atom. The maximum atomic E-state index is 12.9. The highest BCUT2D eigenvalue weighted by Gasteiger charge is 2.32. The Hall–Kier alpha value is -2.78. The number of rotatable bonds is 5. The minimum Gasteiger partial charge on any atom is -0.326 e. The van der Waals surface area contributed by atoms with Crippen LogP contribution in [0.3, 0.4) is 0 Å². The number of carbonyl (C=O) groups excluding carboxylic acids is 1. The molecule has 0 spiro atoms. The summed E-state index contributed by atoms with van der Waals surface area (Å²) in [5.74, 6) is -0.604. The molecule has 160 valence electrons. The van der Waals surface area contributed by atoms with Gasteiger partial charge >= 0.3 is 0 Å². The van der Waals surface area contributed by atoms with Gasteiger partial charge in [-0.3, -0.25) is 14.9 Å². The first kappa shape index (κ1) is 21.9. The number of nitro benzene ring substituents is 1. The van der Waals surface area contributed by atoms with Crippen LogP contribution in [0.1, 0.15) is 29.5 Å². The van der Waals surface area contributed by atoms with Crippen LogP contribution in [-0.4, -0.2) is 36.6 Å². The van der Waals surface area contributed by atoms with E-state index in [0.717, 1.165) is 11.1 Å². The number of nitrogens with one attached hydrogen (secondary N) is 1. The standard InChI is InChI=1S/C21H25N3O5S/c1-14-5-7-19(12-16(14)3)30(28,29)23-10-8-17(9-11-23)21(25)22-18-6-4-15(2)20(13-18)24(26)27/h4-7,12-13,17H,8-11H2,1-3H3,(H,22,25). The second-order valence-corrected chi connectivity index (χ2v) is 9.61. The molecule has 0 aromatic heterocycles. The molecule has 3 rings (SSSR count). The van der Waals surface area contributed by atoms with Crippen molar-refractivity contribution in [2.45, 2.75) is 38.5 Å². The Morgan fingerprint density at radius 1 is 1.03 bits per heavy atom. The first-order valence-corrected chi connectivity index (χ1v) is 11.2. The second kappa shape index (κ2) is 8.53. The lowest BCUT2D eigenvalue weighted by molar-refractivity contribution is -0.385. The summed E-state index contributed by atoms with van der Waals surface area (Å²) in [6, 6.07) is 9.64. The monoisotopic (exact) mass is 431 g/mol. The predicted molar refractivity (Wildman–Crippen MR) is 114 cm³/mol. The van der Waals surface area contributed by atoms with Crippen molar-refractivity contribution in [2.75, 3.05) is 18.4 Å². The van der Waals surface area contributed by atoms with E-state index in [-0.39, 0.29) is 35.5 Å². The van der Waals surface area contributed by atoms with Gasteiger partial charge in [0.2, 0.25) is 15.9 Å². The average molecular weight is 432 g/mol. The van der Waals surface area contributed by atoms with E-state index < -0.39 is 14.9 Å². The van der Waals surface area contributed by atoms with Gasteiger partial charge in [0, 0.05) is 36.3 Å². The molecule has 1 amide bonds. The lowest BCUT2D eigenvalue weighted by atomic mass is 9.97. The molecule has 9 heteroatoms. The average Bonchev–Trinajstić information content (AvgIpc) is 2.71. The Labute approximate surface area is 176 Å². The fraction of sp³-hybridized carbons (Fsp3) is 0.381. The Bertz CT molecular complexity index is 1090. The third-order valence-corrected chi connectivity index (χ3v) is 7.51. The van der Waals surface area contributed by atoms with E-state index in [9.17, 15) is 23.3 Å². The number of sulfonamides is 1. The van der Waals surface area contributed by atoms with Gasteiger partial charge in [0.25, 0.3) is 5.69 Å². The molecular formula is C21H25N3O5S. The maximum absolute atomic E-state index is 12.9. The first-order valence-electron chi connectivity index (χ1n) is 9.73. The van der Waals surface area contributed by atoms with Crippen LogP contribution < -0.4 is 5.32 Å². The molecule has 1 N–H and O–H groups in total. The molecule has 2 aromatic carbocycles. The number of benzene rings is 2. The zero-order valence-electron chi connectivity index (χ0n) is 17.2. The lowest BCUT2D eigenvalue weighted by Gasteiger charge is -2.30. The molecule has 0 radical (unpaired) electrons. The number of piperidine rings is 1. The number of carbonyl (C=O) groups is 1. The summed E-state index contributed by atoms with van der Waals surface area (Å²) < 4.78 is 27.2. The lowest BCUT2D eigenvalue weighted by Crippen LogP contribution is -2.41. The SMILES string of the molecule is Cc1ccc(S(=O)(=O)N2CCC(C(=O)Nc3ccc(C)c([N+](=O)[O-])c3)CC2)cc1C. The molecular weight excluding hydrogens is 406 g/mol. The fourth-order valence-electron chi connectivity index (χ4n) is 3.51. The van der Waals surface area contributed by atoms with Crippen LogP contribution in [0, 0.1) is 36.8 Å². The van der Waals surface area contributed by atoms with Crippen LogP contribution in [-0.2, 0) is 14.8 Å². The summed E-state index contributed by atoms with van der Waals surface area (Å²) in [6.07, 6.45) is 0.785. The molecule has 0 aliphatic carbocycles. The number of amides is 1. The highest BCUT2D eigenvalue weighted by atomic mass is 32.2. The molecule has 1 saturated heterocycles. The third kappa shape index (κ3) is 4.52. The number of aryl methyl sites for hydroxylation is 3. The third-order valence-electron chi connectivity index (χ3n) is 5.61. The van der Waals surface area contributed by atoms with Gasteiger partial charge in [-0.1, -0.05) is 12.1 Å². The summed E-state index contributed by atoms with van der Waals surface area (Å²) in [4.78, 5) is 23.5. The molecule has 0 unspecified atom stereocenters. The van der Waals surface area contributed by atoms with Gasteiger partial charge < -0.3 is 5.32 Å². The zero-order valence-corrected chi connectivity index (χ0v) is 18.0. The molecule has 1 aliphatic rings. The van der Waals surface area contributed by atoms with Gasteiger partial charge in [-0.25, -0.2) is 8.42 Å². The van der Waals surface area contributed by atoms with Crippen LogP contribution in [0.15, 0.2) is 41.3 Å². The second-order valence-electron chi connectivity index (χ2n) is 7.67. The Morgan fingerprint density at radius 2 is 1.67 bits per heavy atom. The first-order chi connectivity index (χ1) is 14.1. The Kier molecular flexibility index (Phi) is 6.23. The van der Waals surface area contributed by atoms with E-state index in [1.807, 2.05) is 13.8 Å². The fourth-order valence-corrected chi connectivity index (χ4v) is 5.07. The van der Waals surface area contributed by atoms with E-state index in [1.165, 1.54) is 10.4 Å². The van der Waals surface area contributed by atoms with E-state index in [0.29, 0.717) is 24.1 Å². The van der Waals surface area contributed by atoms with Gasteiger partial charge in [-0.05, 0) is 62.9 Å². The summed E-state index contributed by atoms with van der Waals surface area (Å²) in [5.41, 5.74) is 2.77. The molecule has 1 aliphatic heterocycles. The smallest absolute Gasteiger partial charge is 0.274 e. The molecule has 30 heavy (non-hydrogen) atoms. The van der Waals surface area contributed by atoms with E-state index in [2.05, 4.69) is 5.32 Å². The highest BCUT2D eigenvalue weighted by molar-refractivity contribution is 7.89. The minimum absolute atomic E-state index is 0.0536. The summed E-state index contributed by atoms with van der Waals surface area (Å²) in [7, 11) is -3.60. The van der Waals surface area contributed by atoms with Crippen LogP contribution in [0.5, 0.6) is 0 Å². The predicted octanol–water partition coefficient (Wildman–Crippen LogP) is 3.56. The molecule has 1 heterocycles. The van der Waals surface area contributed by atoms with Crippen molar-refractivity contribution in [3.63, 3.8) is 0 Å². The van der Waals surface area contributed by atoms with Crippen molar-refractivity contribution in [3.8, 4) is 0 Å². The van der Waals surface area contributed by atoms with Crippen molar-refractivity contribution < 1.29 is 18.1 Å². The van der Waals surface area contributed by atoms with E-state index in [1.54, 1.807) is 37.3 Å². The molecule has 0 bridgehead atoms. The molecule has 8 nitrogen and oxygen atoms in total. The number of anilines is 1. The van der Waals surface area contributed by atoms with Gasteiger partial charge in [0.15, 0.2) is 0 Å². The topological polar surface area (TPSA) is 110 Å². The van der Waals surface area contributed by atoms with E-state index >= 15 is 0 Å². The van der Waals surface area contributed by atoms with Crippen molar-refractivity contribution in [3.05, 3.63) is 63.2 Å². The van der Waals surface area contributed by atoms with Crippen LogP contribution >= 0.6 is 0 Å². The number of hydrogen-bond donors (Lipinski definition) is 1. The molecule has 1 fully saturated rings. The normalized spacial score (nSPS) is 15.7. The molecule has 0 saturated carbocycles. The van der Waals surface area contributed by atoms with Crippen molar-refractivity contribution in [1.29, 1.82) is 0 Å². The van der Waals surface area contributed by atoms with Crippen molar-refractivity contribution >= 4 is 27.3 Å². The summed E-state index contributed by atoms with van der Waals surface area (Å²) in [6.45, 7) is 5.94. The number of hydrogen-bond acceptors (Lipinski definition) is 5. The van der Waals surface area contributed by atoms with Crippen LogP contribution in [0.4, 0.5) is 11.4 Å². The van der Waals surface area contributed by atoms with Crippen LogP contribution in [0.2, 0.25) is 0 Å². The van der Waals surface area contributed by atoms with Crippen molar-refractivity contribution in [2.24, 2.45) is 5.92 Å². The summed E-state index contributed by atoms with van der Waals surface area (Å²) >= 11 is 0. The van der Waals surface area contributed by atoms with Gasteiger partial charge in [-0.15, -0.1) is 0 Å². The molecule has 0 atom stereocenters. The van der Waals surface area contributed by atoms with Gasteiger partial charge in [0.05, 0.1) is 9.82 Å². The largest absolute Gasteiger partial charge is 0.326 e. The zero-order chi connectivity index (χ0) is 22.1. The number of nitrogens with zero attached hydrogens (tertiary/aromatic N) is 2. The van der Waals surface area contributed by atoms with Gasteiger partial charge in [0.1, 0.15) is 0 Å². The maximum Gasteiger partial charge on any atom is 0.274 e. The minimum atomic E-state index is -3.60. The highest BCUT2D eigenvalue weighted by Crippen LogP contribution is 2.27. The van der Waals surface area contributed by atoms with Crippen molar-refractivity contribution in [1.82, 2.24) is 4.31 Å². The summed E-state index contributed by atoms with van der Waals surface area (Å²) in [5, 5.41) is 13.8. The van der Waals surface area contributed by atoms with Gasteiger partial charge in [-0.2, -0.15) is 4.31 Å². The molecule has 2 aromatic rings. The quantitative estimate of drug-likeness (QED) is 0.575. The Balaban J connectivity index is 1.65.